The SMILES string of the molecule is CC1CCC(C#CC2CCC(Br)CC2)CC1.CC1CCC(C#CC2CCC(C(=O)O)CC2)CC1.CC1CCC(C#CC2CCC(C(=O)OC3CCC(C)CC3)CC2)CC1. The quantitative estimate of drug-likeness (QED) is 0.174. The number of halogens is 1. The summed E-state index contributed by atoms with van der Waals surface area (Å²) in [5.41, 5.74) is 0. The molecule has 0 amide bonds. The number of carbonyl (C=O) groups is 2. The Hall–Kier alpha value is -1.90. The number of hydrogen-bond acceptors (Lipinski definition) is 3. The fourth-order valence-electron chi connectivity index (χ4n) is 10.7. The second kappa shape index (κ2) is 25.9. The summed E-state index contributed by atoms with van der Waals surface area (Å²) in [6.45, 7) is 9.36. The summed E-state index contributed by atoms with van der Waals surface area (Å²) >= 11 is 3.70. The third-order valence-electron chi connectivity index (χ3n) is 15.6. The van der Waals surface area contributed by atoms with Crippen LogP contribution in [-0.2, 0) is 14.3 Å². The number of hydrogen-bond donors (Lipinski definition) is 1. The third-order valence-corrected chi connectivity index (χ3v) is 16.5. The van der Waals surface area contributed by atoms with E-state index in [9.17, 15) is 9.59 Å². The Morgan fingerprint density at radius 3 is 0.949 bits per heavy atom. The summed E-state index contributed by atoms with van der Waals surface area (Å²) in [4.78, 5) is 24.1. The van der Waals surface area contributed by atoms with Gasteiger partial charge in [0, 0.05) is 40.3 Å². The smallest absolute Gasteiger partial charge is 0.309 e. The molecule has 330 valence electrons. The second-order valence-corrected chi connectivity index (χ2v) is 22.2. The Balaban J connectivity index is 0.000000174. The molecule has 0 unspecified atom stereocenters. The number of rotatable bonds is 3. The molecule has 7 aliphatic rings. The molecule has 0 aromatic rings. The standard InChI is InChI=1S/C23H36O2.C16H24O2.C15H23Br/c1-17-3-7-19(8-4-17)9-10-20-11-13-21(14-12-20)23(24)25-22-15-5-18(2)6-16-22;1-12-2-4-13(5-3-12)6-7-14-8-10-15(11-9-14)16(17)18;1-12-2-4-13(5-3-12)6-7-14-8-10-15(16)11-9-14/h17-22H,3-8,11-16H2,1-2H3;12-15H,2-5,8-11H2,1H3,(H,17,18);12-15H,2-5,8-11H2,1H3. The van der Waals surface area contributed by atoms with Crippen LogP contribution in [0.3, 0.4) is 0 Å². The van der Waals surface area contributed by atoms with Crippen LogP contribution in [0.25, 0.3) is 0 Å². The first kappa shape index (κ1) is 48.1. The van der Waals surface area contributed by atoms with Gasteiger partial charge >= 0.3 is 11.9 Å². The van der Waals surface area contributed by atoms with Crippen LogP contribution in [0.5, 0.6) is 0 Å². The Morgan fingerprint density at radius 1 is 0.390 bits per heavy atom. The Kier molecular flexibility index (Phi) is 21.1. The van der Waals surface area contributed by atoms with Crippen LogP contribution < -0.4 is 0 Å². The van der Waals surface area contributed by atoms with E-state index in [1.165, 1.54) is 116 Å². The van der Waals surface area contributed by atoms with Gasteiger partial charge in [0.1, 0.15) is 6.10 Å². The molecule has 0 saturated heterocycles. The van der Waals surface area contributed by atoms with E-state index >= 15 is 0 Å². The normalized spacial score (nSPS) is 38.5. The molecule has 59 heavy (non-hydrogen) atoms. The highest BCUT2D eigenvalue weighted by Crippen LogP contribution is 2.35. The average Bonchev–Trinajstić information content (AvgIpc) is 3.25. The van der Waals surface area contributed by atoms with Crippen LogP contribution in [0.4, 0.5) is 0 Å². The third kappa shape index (κ3) is 18.2. The van der Waals surface area contributed by atoms with Crippen molar-refractivity contribution in [3.8, 4) is 35.5 Å². The van der Waals surface area contributed by atoms with E-state index in [4.69, 9.17) is 9.84 Å². The van der Waals surface area contributed by atoms with E-state index in [2.05, 4.69) is 79.1 Å². The van der Waals surface area contributed by atoms with Crippen molar-refractivity contribution in [1.82, 2.24) is 0 Å². The van der Waals surface area contributed by atoms with E-state index < -0.39 is 5.97 Å². The van der Waals surface area contributed by atoms with Gasteiger partial charge in [-0.1, -0.05) is 79.1 Å². The van der Waals surface area contributed by atoms with Crippen molar-refractivity contribution in [2.45, 2.75) is 218 Å². The highest BCUT2D eigenvalue weighted by atomic mass is 79.9. The molecule has 5 heteroatoms. The second-order valence-electron chi connectivity index (χ2n) is 20.9. The molecule has 0 aliphatic heterocycles. The number of carboxylic acids is 1. The molecule has 0 atom stereocenters. The van der Waals surface area contributed by atoms with Gasteiger partial charge in [0.05, 0.1) is 11.8 Å². The van der Waals surface area contributed by atoms with Crippen LogP contribution >= 0.6 is 15.9 Å². The topological polar surface area (TPSA) is 63.6 Å². The van der Waals surface area contributed by atoms with E-state index in [0.29, 0.717) is 29.6 Å². The van der Waals surface area contributed by atoms with Crippen molar-refractivity contribution < 1.29 is 19.4 Å². The van der Waals surface area contributed by atoms with Gasteiger partial charge in [-0.25, -0.2) is 0 Å². The van der Waals surface area contributed by atoms with Gasteiger partial charge in [0.25, 0.3) is 0 Å². The summed E-state index contributed by atoms with van der Waals surface area (Å²) in [6.07, 6.45) is 33.6. The van der Waals surface area contributed by atoms with Crippen molar-refractivity contribution in [2.75, 3.05) is 0 Å². The van der Waals surface area contributed by atoms with Crippen molar-refractivity contribution in [3.05, 3.63) is 0 Å². The number of aliphatic carboxylic acids is 1. The molecule has 0 bridgehead atoms. The summed E-state index contributed by atoms with van der Waals surface area (Å²) < 4.78 is 5.80. The molecule has 0 heterocycles. The Morgan fingerprint density at radius 2 is 0.644 bits per heavy atom. The molecule has 7 rings (SSSR count). The van der Waals surface area contributed by atoms with Gasteiger partial charge in [0.2, 0.25) is 0 Å². The molecule has 1 N–H and O–H groups in total. The molecule has 7 aliphatic carbocycles. The zero-order chi connectivity index (χ0) is 42.0. The first-order valence-electron chi connectivity index (χ1n) is 25.1. The zero-order valence-electron chi connectivity index (χ0n) is 37.9. The summed E-state index contributed by atoms with van der Waals surface area (Å²) in [5.74, 6) is 27.7. The molecule has 0 aromatic carbocycles. The molecule has 0 spiro atoms. The largest absolute Gasteiger partial charge is 0.481 e. The lowest BCUT2D eigenvalue weighted by molar-refractivity contribution is -0.157. The van der Waals surface area contributed by atoms with Crippen molar-refractivity contribution >= 4 is 27.9 Å². The summed E-state index contributed by atoms with van der Waals surface area (Å²) in [7, 11) is 0. The van der Waals surface area contributed by atoms with E-state index in [-0.39, 0.29) is 23.9 Å². The van der Waals surface area contributed by atoms with Gasteiger partial charge in [-0.2, -0.15) is 0 Å². The monoisotopic (exact) mass is 875 g/mol. The highest BCUT2D eigenvalue weighted by molar-refractivity contribution is 9.09. The van der Waals surface area contributed by atoms with Gasteiger partial charge in [-0.05, 0) is 203 Å². The van der Waals surface area contributed by atoms with Crippen LogP contribution in [0, 0.1) is 107 Å². The fraction of sp³-hybridized carbons (Fsp3) is 0.852. The van der Waals surface area contributed by atoms with E-state index in [0.717, 1.165) is 98.6 Å². The first-order chi connectivity index (χ1) is 28.5. The lowest BCUT2D eigenvalue weighted by Gasteiger charge is -2.29. The lowest BCUT2D eigenvalue weighted by atomic mass is 9.80. The molecule has 7 saturated carbocycles. The van der Waals surface area contributed by atoms with Crippen molar-refractivity contribution in [3.63, 3.8) is 0 Å². The van der Waals surface area contributed by atoms with Gasteiger partial charge < -0.3 is 9.84 Å². The van der Waals surface area contributed by atoms with Crippen molar-refractivity contribution in [2.24, 2.45) is 71.0 Å². The summed E-state index contributed by atoms with van der Waals surface area (Å²) in [6, 6.07) is 0. The fourth-order valence-corrected chi connectivity index (χ4v) is 11.2. The molecular formula is C54H83BrO4. The maximum atomic E-state index is 12.4. The highest BCUT2D eigenvalue weighted by Gasteiger charge is 2.30. The maximum absolute atomic E-state index is 12.4. The number of alkyl halides is 1. The number of esters is 1. The molecule has 4 nitrogen and oxygen atoms in total. The molecule has 7 fully saturated rings. The Bertz CT molecular complexity index is 1390. The lowest BCUT2D eigenvalue weighted by Crippen LogP contribution is -2.29. The van der Waals surface area contributed by atoms with Crippen LogP contribution in [-0.4, -0.2) is 28.0 Å². The Labute approximate surface area is 370 Å². The molecule has 0 aromatic heterocycles. The molecule has 0 radical (unpaired) electrons. The van der Waals surface area contributed by atoms with Crippen LogP contribution in [0.15, 0.2) is 0 Å². The predicted molar refractivity (Wildman–Crippen MR) is 247 cm³/mol. The van der Waals surface area contributed by atoms with Gasteiger partial charge in [0.15, 0.2) is 0 Å². The van der Waals surface area contributed by atoms with Crippen molar-refractivity contribution in [1.29, 1.82) is 0 Å². The number of carboxylic acid groups (broad SMARTS) is 1. The van der Waals surface area contributed by atoms with E-state index in [1.807, 2.05) is 0 Å². The van der Waals surface area contributed by atoms with Gasteiger partial charge in [-0.3, -0.25) is 9.59 Å². The summed E-state index contributed by atoms with van der Waals surface area (Å²) in [5, 5.41) is 8.95. The zero-order valence-corrected chi connectivity index (χ0v) is 39.5. The first-order valence-corrected chi connectivity index (χ1v) is 26.0. The predicted octanol–water partition coefficient (Wildman–Crippen LogP) is 14.2. The molecular weight excluding hydrogens is 792 g/mol. The average molecular weight is 876 g/mol. The van der Waals surface area contributed by atoms with Crippen LogP contribution in [0.2, 0.25) is 0 Å². The number of ether oxygens (including phenoxy) is 1. The minimum Gasteiger partial charge on any atom is -0.481 e. The minimum atomic E-state index is -0.623. The van der Waals surface area contributed by atoms with Crippen LogP contribution in [0.1, 0.15) is 207 Å². The van der Waals surface area contributed by atoms with Gasteiger partial charge in [-0.15, -0.1) is 0 Å². The maximum Gasteiger partial charge on any atom is 0.309 e. The van der Waals surface area contributed by atoms with E-state index in [1.54, 1.807) is 0 Å². The minimum absolute atomic E-state index is 0.0761. The number of carbonyl (C=O) groups excluding carboxylic acids is 1.